The van der Waals surface area contributed by atoms with Crippen LogP contribution in [0.2, 0.25) is 0 Å². The average molecular weight is 455 g/mol. The summed E-state index contributed by atoms with van der Waals surface area (Å²) in [5.41, 5.74) is 0.562. The molecule has 2 aliphatic rings. The van der Waals surface area contributed by atoms with Crippen LogP contribution in [-0.4, -0.2) is 6.61 Å². The number of allylic oxidation sites excluding steroid dienone is 2. The van der Waals surface area contributed by atoms with Crippen LogP contribution in [0.1, 0.15) is 102 Å². The highest BCUT2D eigenvalue weighted by molar-refractivity contribution is 5.33. The third-order valence-electron chi connectivity index (χ3n) is 7.64. The Hall–Kier alpha value is -1.52. The molecular weight excluding hydrogens is 416 g/mol. The maximum Gasteiger partial charge on any atom is 0.387 e. The topological polar surface area (TPSA) is 9.23 Å². The minimum absolute atomic E-state index is 0.0908. The predicted molar refractivity (Wildman–Crippen MR) is 121 cm³/mol. The average Bonchev–Trinajstić information content (AvgIpc) is 2.78. The van der Waals surface area contributed by atoms with Crippen molar-refractivity contribution in [3.05, 3.63) is 41.5 Å². The fourth-order valence-corrected chi connectivity index (χ4v) is 5.70. The van der Waals surface area contributed by atoms with Gasteiger partial charge in [0.15, 0.2) is 17.4 Å². The third kappa shape index (κ3) is 7.52. The van der Waals surface area contributed by atoms with Crippen LogP contribution in [0.5, 0.6) is 5.75 Å². The number of rotatable bonds is 10. The fraction of sp³-hybridized carbons (Fsp3) is 0.704. The van der Waals surface area contributed by atoms with Gasteiger partial charge in [-0.05, 0) is 86.3 Å². The molecule has 0 amide bonds. The predicted octanol–water partition coefficient (Wildman–Crippen LogP) is 9.17. The molecule has 0 spiro atoms. The Kier molecular flexibility index (Phi) is 9.92. The van der Waals surface area contributed by atoms with Gasteiger partial charge in [0.2, 0.25) is 0 Å². The number of ether oxygens (including phenoxy) is 1. The number of hydrogen-bond donors (Lipinski definition) is 0. The summed E-state index contributed by atoms with van der Waals surface area (Å²) in [5, 5.41) is 0. The van der Waals surface area contributed by atoms with E-state index < -0.39 is 24.0 Å². The molecule has 0 N–H and O–H groups in total. The van der Waals surface area contributed by atoms with Crippen LogP contribution >= 0.6 is 0 Å². The molecule has 0 bridgehead atoms. The zero-order valence-electron chi connectivity index (χ0n) is 19.3. The molecular formula is C27H38F4O. The van der Waals surface area contributed by atoms with Crippen LogP contribution in [0.25, 0.3) is 0 Å². The molecule has 0 radical (unpaired) electrons. The molecule has 0 atom stereocenters. The molecule has 32 heavy (non-hydrogen) atoms. The second-order valence-electron chi connectivity index (χ2n) is 9.83. The lowest BCUT2D eigenvalue weighted by Crippen LogP contribution is -2.18. The molecule has 1 aromatic rings. The summed E-state index contributed by atoms with van der Waals surface area (Å²) in [7, 11) is 0. The SMILES string of the molecule is CCC=CCCC1CCC(CCC2CCC(c3cc(F)c(OC(F)F)c(F)c3)CC2)CC1. The highest BCUT2D eigenvalue weighted by Gasteiger charge is 2.27. The Morgan fingerprint density at radius 3 is 1.81 bits per heavy atom. The van der Waals surface area contributed by atoms with Crippen molar-refractivity contribution in [2.45, 2.75) is 103 Å². The smallest absolute Gasteiger partial charge is 0.387 e. The molecule has 5 heteroatoms. The number of alkyl halides is 2. The second kappa shape index (κ2) is 12.6. The summed E-state index contributed by atoms with van der Waals surface area (Å²) >= 11 is 0. The van der Waals surface area contributed by atoms with Crippen molar-refractivity contribution >= 4 is 0 Å². The molecule has 0 aromatic heterocycles. The highest BCUT2D eigenvalue weighted by Crippen LogP contribution is 2.41. The van der Waals surface area contributed by atoms with Crippen molar-refractivity contribution in [3.8, 4) is 5.75 Å². The van der Waals surface area contributed by atoms with Crippen LogP contribution in [0.3, 0.4) is 0 Å². The molecule has 0 heterocycles. The second-order valence-corrected chi connectivity index (χ2v) is 9.83. The van der Waals surface area contributed by atoms with E-state index in [1.807, 2.05) is 0 Å². The lowest BCUT2D eigenvalue weighted by Gasteiger charge is -2.32. The first-order valence-electron chi connectivity index (χ1n) is 12.5. The summed E-state index contributed by atoms with van der Waals surface area (Å²) in [5.74, 6) is -0.516. The van der Waals surface area contributed by atoms with Crippen molar-refractivity contribution in [1.82, 2.24) is 0 Å². The zero-order valence-corrected chi connectivity index (χ0v) is 19.3. The van der Waals surface area contributed by atoms with Crippen LogP contribution in [-0.2, 0) is 0 Å². The van der Waals surface area contributed by atoms with Crippen LogP contribution in [0.4, 0.5) is 17.6 Å². The minimum Gasteiger partial charge on any atom is -0.429 e. The molecule has 0 aliphatic heterocycles. The van der Waals surface area contributed by atoms with E-state index in [4.69, 9.17) is 0 Å². The number of benzene rings is 1. The van der Waals surface area contributed by atoms with Gasteiger partial charge < -0.3 is 4.74 Å². The van der Waals surface area contributed by atoms with Gasteiger partial charge in [0.25, 0.3) is 0 Å². The Balaban J connectivity index is 1.37. The van der Waals surface area contributed by atoms with Crippen molar-refractivity contribution < 1.29 is 22.3 Å². The monoisotopic (exact) mass is 454 g/mol. The van der Waals surface area contributed by atoms with Crippen molar-refractivity contribution in [1.29, 1.82) is 0 Å². The Morgan fingerprint density at radius 1 is 0.812 bits per heavy atom. The standard InChI is InChI=1S/C27H38F4O/c1-2-3-4-5-6-19-7-9-20(10-8-19)11-12-21-13-15-22(16-14-21)23-17-24(28)26(25(29)18-23)32-27(30)31/h3-4,17-22,27H,2,5-16H2,1H3. The number of halogens is 4. The first-order chi connectivity index (χ1) is 15.5. The highest BCUT2D eigenvalue weighted by atomic mass is 19.3. The molecule has 2 aliphatic carbocycles. The van der Waals surface area contributed by atoms with E-state index in [9.17, 15) is 17.6 Å². The summed E-state index contributed by atoms with van der Waals surface area (Å²) in [4.78, 5) is 0. The Labute approximate surface area is 190 Å². The summed E-state index contributed by atoms with van der Waals surface area (Å²) < 4.78 is 56.7. The van der Waals surface area contributed by atoms with Gasteiger partial charge in [-0.2, -0.15) is 8.78 Å². The maximum atomic E-state index is 14.1. The van der Waals surface area contributed by atoms with Crippen molar-refractivity contribution in [2.24, 2.45) is 17.8 Å². The lowest BCUT2D eigenvalue weighted by atomic mass is 9.74. The van der Waals surface area contributed by atoms with E-state index in [-0.39, 0.29) is 5.92 Å². The van der Waals surface area contributed by atoms with Gasteiger partial charge in [0.1, 0.15) is 0 Å². The van der Waals surface area contributed by atoms with Gasteiger partial charge >= 0.3 is 6.61 Å². The van der Waals surface area contributed by atoms with E-state index in [0.717, 1.165) is 43.9 Å². The normalized spacial score (nSPS) is 26.7. The van der Waals surface area contributed by atoms with Crippen LogP contribution < -0.4 is 4.74 Å². The summed E-state index contributed by atoms with van der Waals surface area (Å²) in [6.45, 7) is -1.06. The molecule has 1 nitrogen and oxygen atoms in total. The molecule has 3 rings (SSSR count). The largest absolute Gasteiger partial charge is 0.429 e. The molecule has 0 saturated heterocycles. The van der Waals surface area contributed by atoms with Crippen molar-refractivity contribution in [3.63, 3.8) is 0 Å². The van der Waals surface area contributed by atoms with Crippen LogP contribution in [0, 0.1) is 29.4 Å². The Morgan fingerprint density at radius 2 is 1.31 bits per heavy atom. The molecule has 1 aromatic carbocycles. The number of hydrogen-bond acceptors (Lipinski definition) is 1. The van der Waals surface area contributed by atoms with Gasteiger partial charge in [-0.15, -0.1) is 0 Å². The van der Waals surface area contributed by atoms with Gasteiger partial charge in [-0.25, -0.2) is 8.78 Å². The van der Waals surface area contributed by atoms with Gasteiger partial charge in [-0.1, -0.05) is 57.6 Å². The Bertz CT molecular complexity index is 693. The molecule has 2 saturated carbocycles. The first kappa shape index (κ1) is 25.1. The van der Waals surface area contributed by atoms with E-state index in [0.29, 0.717) is 11.5 Å². The molecule has 2 fully saturated rings. The minimum atomic E-state index is -3.24. The maximum absolute atomic E-state index is 14.1. The summed E-state index contributed by atoms with van der Waals surface area (Å²) in [6.07, 6.45) is 20.3. The summed E-state index contributed by atoms with van der Waals surface area (Å²) in [6, 6.07) is 2.34. The molecule has 180 valence electrons. The van der Waals surface area contributed by atoms with E-state index >= 15 is 0 Å². The van der Waals surface area contributed by atoms with Crippen molar-refractivity contribution in [2.75, 3.05) is 0 Å². The van der Waals surface area contributed by atoms with Gasteiger partial charge in [0.05, 0.1) is 0 Å². The van der Waals surface area contributed by atoms with Gasteiger partial charge in [0, 0.05) is 0 Å². The van der Waals surface area contributed by atoms with E-state index in [2.05, 4.69) is 23.8 Å². The van der Waals surface area contributed by atoms with Crippen LogP contribution in [0.15, 0.2) is 24.3 Å². The molecule has 0 unspecified atom stereocenters. The zero-order chi connectivity index (χ0) is 22.9. The quantitative estimate of drug-likeness (QED) is 0.253. The lowest BCUT2D eigenvalue weighted by molar-refractivity contribution is -0.0546. The van der Waals surface area contributed by atoms with Gasteiger partial charge in [-0.3, -0.25) is 0 Å². The fourth-order valence-electron chi connectivity index (χ4n) is 5.70. The third-order valence-corrected chi connectivity index (χ3v) is 7.64. The van der Waals surface area contributed by atoms with E-state index in [1.54, 1.807) is 0 Å². The first-order valence-corrected chi connectivity index (χ1v) is 12.5. The van der Waals surface area contributed by atoms with E-state index in [1.165, 1.54) is 63.5 Å².